The lowest BCUT2D eigenvalue weighted by Gasteiger charge is -2.21. The van der Waals surface area contributed by atoms with Crippen LogP contribution in [0.1, 0.15) is 25.0 Å². The van der Waals surface area contributed by atoms with Gasteiger partial charge in [-0.2, -0.15) is 0 Å². The van der Waals surface area contributed by atoms with Crippen LogP contribution in [0.5, 0.6) is 0 Å². The fourth-order valence-electron chi connectivity index (χ4n) is 7.33. The van der Waals surface area contributed by atoms with Gasteiger partial charge in [-0.25, -0.2) is 15.0 Å². The molecule has 0 spiro atoms. The van der Waals surface area contributed by atoms with Crippen LogP contribution in [0.25, 0.3) is 89.2 Å². The summed E-state index contributed by atoms with van der Waals surface area (Å²) in [6, 6.07) is 43.8. The summed E-state index contributed by atoms with van der Waals surface area (Å²) in [5.41, 5.74) is 11.2. The van der Waals surface area contributed by atoms with Gasteiger partial charge in [0, 0.05) is 43.7 Å². The summed E-state index contributed by atoms with van der Waals surface area (Å²) in [6.45, 7) is 4.58. The van der Waals surface area contributed by atoms with E-state index in [1.807, 2.05) is 60.7 Å². The number of furan rings is 2. The second-order valence-electron chi connectivity index (χ2n) is 12.9. The van der Waals surface area contributed by atoms with Crippen LogP contribution in [0.15, 0.2) is 136 Å². The molecule has 3 heterocycles. The maximum atomic E-state index is 6.56. The summed E-state index contributed by atoms with van der Waals surface area (Å²) in [5.74, 6) is 1.80. The van der Waals surface area contributed by atoms with E-state index in [4.69, 9.17) is 23.8 Å². The zero-order valence-electron chi connectivity index (χ0n) is 25.8. The van der Waals surface area contributed by atoms with E-state index in [9.17, 15) is 0 Å². The molecule has 9 aromatic rings. The van der Waals surface area contributed by atoms with Crippen LogP contribution in [0, 0.1) is 0 Å². The third-order valence-corrected chi connectivity index (χ3v) is 9.74. The standard InChI is InChI=1S/C42H27N3O2/c1-42(2)33-14-8-6-12-27(33)30-22-32-29-18-16-26(21-37(29)47-38(32)23-34(30)42)41-44-39(24-10-4-3-5-11-24)43-40(45-41)25-17-19-36-31(20-25)28-13-7-9-15-35(28)46-36/h3-23H,1-2H3. The first-order valence-electron chi connectivity index (χ1n) is 15.9. The Labute approximate surface area is 270 Å². The van der Waals surface area contributed by atoms with Crippen molar-refractivity contribution in [1.29, 1.82) is 0 Å². The minimum Gasteiger partial charge on any atom is -0.456 e. The molecule has 6 aromatic carbocycles. The minimum atomic E-state index is -0.0921. The fraction of sp³-hybridized carbons (Fsp3) is 0.0714. The highest BCUT2D eigenvalue weighted by molar-refractivity contribution is 6.09. The van der Waals surface area contributed by atoms with Gasteiger partial charge in [-0.1, -0.05) is 92.7 Å². The van der Waals surface area contributed by atoms with Crippen LogP contribution >= 0.6 is 0 Å². The van der Waals surface area contributed by atoms with Gasteiger partial charge in [0.15, 0.2) is 17.5 Å². The van der Waals surface area contributed by atoms with Crippen molar-refractivity contribution in [3.63, 3.8) is 0 Å². The first-order valence-corrected chi connectivity index (χ1v) is 15.9. The summed E-state index contributed by atoms with van der Waals surface area (Å²) in [4.78, 5) is 15.0. The lowest BCUT2D eigenvalue weighted by Crippen LogP contribution is -2.14. The molecule has 0 saturated carbocycles. The zero-order chi connectivity index (χ0) is 31.3. The SMILES string of the molecule is CC1(C)c2ccccc2-c2cc3c(cc21)oc1cc(-c2nc(-c4ccccc4)nc(-c4ccc5oc6ccccc6c5c4)n2)ccc13. The van der Waals surface area contributed by atoms with Gasteiger partial charge in [-0.05, 0) is 70.8 Å². The van der Waals surface area contributed by atoms with Gasteiger partial charge in [0.1, 0.15) is 22.3 Å². The molecule has 0 N–H and O–H groups in total. The maximum absolute atomic E-state index is 6.56. The van der Waals surface area contributed by atoms with Crippen LogP contribution in [0.2, 0.25) is 0 Å². The average molecular weight is 606 g/mol. The molecule has 47 heavy (non-hydrogen) atoms. The smallest absolute Gasteiger partial charge is 0.164 e. The highest BCUT2D eigenvalue weighted by atomic mass is 16.3. The van der Waals surface area contributed by atoms with Crippen molar-refractivity contribution >= 4 is 43.9 Å². The molecule has 0 bridgehead atoms. The molecule has 0 aliphatic heterocycles. The Morgan fingerprint density at radius 2 is 1.00 bits per heavy atom. The number of hydrogen-bond donors (Lipinski definition) is 0. The summed E-state index contributed by atoms with van der Waals surface area (Å²) >= 11 is 0. The Morgan fingerprint density at radius 3 is 1.85 bits per heavy atom. The number of para-hydroxylation sites is 1. The van der Waals surface area contributed by atoms with Crippen molar-refractivity contribution in [3.8, 4) is 45.3 Å². The number of nitrogens with zero attached hydrogens (tertiary/aromatic N) is 3. The van der Waals surface area contributed by atoms with Crippen molar-refractivity contribution in [2.24, 2.45) is 0 Å². The molecule has 1 aliphatic carbocycles. The lowest BCUT2D eigenvalue weighted by atomic mass is 9.82. The topological polar surface area (TPSA) is 65.0 Å². The van der Waals surface area contributed by atoms with Crippen LogP contribution in [-0.2, 0) is 5.41 Å². The van der Waals surface area contributed by atoms with Crippen molar-refractivity contribution in [3.05, 3.63) is 139 Å². The minimum absolute atomic E-state index is 0.0921. The molecule has 10 rings (SSSR count). The van der Waals surface area contributed by atoms with Gasteiger partial charge >= 0.3 is 0 Å². The molecular formula is C42H27N3O2. The second kappa shape index (κ2) is 9.47. The Bertz CT molecular complexity index is 2720. The molecular weight excluding hydrogens is 578 g/mol. The van der Waals surface area contributed by atoms with Crippen molar-refractivity contribution in [1.82, 2.24) is 15.0 Å². The number of benzene rings is 6. The third kappa shape index (κ3) is 3.86. The first-order chi connectivity index (χ1) is 23.0. The van der Waals surface area contributed by atoms with Gasteiger partial charge in [0.05, 0.1) is 0 Å². The summed E-state index contributed by atoms with van der Waals surface area (Å²) in [6.07, 6.45) is 0. The zero-order valence-corrected chi connectivity index (χ0v) is 25.8. The maximum Gasteiger partial charge on any atom is 0.164 e. The van der Waals surface area contributed by atoms with Gasteiger partial charge < -0.3 is 8.83 Å². The average Bonchev–Trinajstić information content (AvgIpc) is 3.74. The molecule has 0 saturated heterocycles. The Hall–Kier alpha value is -6.07. The molecule has 0 fully saturated rings. The molecule has 0 radical (unpaired) electrons. The number of aromatic nitrogens is 3. The van der Waals surface area contributed by atoms with E-state index in [1.54, 1.807) is 0 Å². The van der Waals surface area contributed by atoms with Crippen molar-refractivity contribution < 1.29 is 8.83 Å². The number of hydrogen-bond acceptors (Lipinski definition) is 5. The Balaban J connectivity index is 1.14. The predicted octanol–water partition coefficient (Wildman–Crippen LogP) is 11.0. The molecule has 0 atom stereocenters. The molecule has 222 valence electrons. The highest BCUT2D eigenvalue weighted by Crippen LogP contribution is 2.50. The molecule has 0 unspecified atom stereocenters. The predicted molar refractivity (Wildman–Crippen MR) is 188 cm³/mol. The summed E-state index contributed by atoms with van der Waals surface area (Å²) in [7, 11) is 0. The highest BCUT2D eigenvalue weighted by Gasteiger charge is 2.36. The van der Waals surface area contributed by atoms with E-state index in [2.05, 4.69) is 80.6 Å². The first kappa shape index (κ1) is 26.2. The third-order valence-electron chi connectivity index (χ3n) is 9.74. The van der Waals surface area contributed by atoms with E-state index in [0.717, 1.165) is 60.6 Å². The molecule has 1 aliphatic rings. The van der Waals surface area contributed by atoms with E-state index in [1.165, 1.54) is 22.3 Å². The lowest BCUT2D eigenvalue weighted by molar-refractivity contribution is 0.647. The van der Waals surface area contributed by atoms with Crippen molar-refractivity contribution in [2.75, 3.05) is 0 Å². The number of fused-ring (bicyclic) bond motifs is 9. The van der Waals surface area contributed by atoms with Gasteiger partial charge in [0.2, 0.25) is 0 Å². The normalized spacial score (nSPS) is 13.5. The van der Waals surface area contributed by atoms with Crippen LogP contribution < -0.4 is 0 Å². The molecule has 5 nitrogen and oxygen atoms in total. The molecule has 3 aromatic heterocycles. The van der Waals surface area contributed by atoms with Crippen LogP contribution in [0.4, 0.5) is 0 Å². The van der Waals surface area contributed by atoms with Gasteiger partial charge in [-0.3, -0.25) is 0 Å². The monoisotopic (exact) mass is 605 g/mol. The fourth-order valence-corrected chi connectivity index (χ4v) is 7.33. The van der Waals surface area contributed by atoms with Crippen LogP contribution in [-0.4, -0.2) is 15.0 Å². The molecule has 5 heteroatoms. The largest absolute Gasteiger partial charge is 0.456 e. The van der Waals surface area contributed by atoms with E-state index >= 15 is 0 Å². The quantitative estimate of drug-likeness (QED) is 0.200. The Kier molecular flexibility index (Phi) is 5.28. The number of rotatable bonds is 3. The van der Waals surface area contributed by atoms with Gasteiger partial charge in [0.25, 0.3) is 0 Å². The molecule has 0 amide bonds. The van der Waals surface area contributed by atoms with Gasteiger partial charge in [-0.15, -0.1) is 0 Å². The van der Waals surface area contributed by atoms with E-state index in [-0.39, 0.29) is 5.41 Å². The van der Waals surface area contributed by atoms with E-state index in [0.29, 0.717) is 17.5 Å². The second-order valence-corrected chi connectivity index (χ2v) is 12.9. The Morgan fingerprint density at radius 1 is 0.404 bits per heavy atom. The summed E-state index contributed by atoms with van der Waals surface area (Å²) in [5, 5.41) is 4.28. The van der Waals surface area contributed by atoms with Crippen LogP contribution in [0.3, 0.4) is 0 Å². The van der Waals surface area contributed by atoms with E-state index < -0.39 is 0 Å². The van der Waals surface area contributed by atoms with Crippen molar-refractivity contribution in [2.45, 2.75) is 19.3 Å². The summed E-state index contributed by atoms with van der Waals surface area (Å²) < 4.78 is 12.6.